The van der Waals surface area contributed by atoms with Crippen LogP contribution in [-0.2, 0) is 16.1 Å². The SMILES string of the molecule is O=C(CCOc1ccccc1)Nc1ccc(CN2CCOCC2)cc1. The standard InChI is InChI=1S/C20H24N2O3/c23-20(10-13-25-19-4-2-1-3-5-19)21-18-8-6-17(7-9-18)16-22-11-14-24-15-12-22/h1-9H,10-16H2,(H,21,23). The number of benzene rings is 2. The number of nitrogens with one attached hydrogen (secondary N) is 1. The normalized spacial score (nSPS) is 14.9. The van der Waals surface area contributed by atoms with Crippen LogP contribution in [0.4, 0.5) is 5.69 Å². The number of rotatable bonds is 7. The van der Waals surface area contributed by atoms with Crippen LogP contribution in [0, 0.1) is 0 Å². The highest BCUT2D eigenvalue weighted by Gasteiger charge is 2.10. The maximum atomic E-state index is 12.0. The molecular weight excluding hydrogens is 316 g/mol. The van der Waals surface area contributed by atoms with Gasteiger partial charge in [-0.2, -0.15) is 0 Å². The van der Waals surface area contributed by atoms with Gasteiger partial charge in [0, 0.05) is 25.3 Å². The minimum absolute atomic E-state index is 0.0446. The number of carbonyl (C=O) groups is 1. The van der Waals surface area contributed by atoms with E-state index >= 15 is 0 Å². The highest BCUT2D eigenvalue weighted by atomic mass is 16.5. The van der Waals surface area contributed by atoms with Crippen LogP contribution in [0.2, 0.25) is 0 Å². The van der Waals surface area contributed by atoms with Crippen molar-refractivity contribution in [2.45, 2.75) is 13.0 Å². The Kier molecular flexibility index (Phi) is 6.42. The van der Waals surface area contributed by atoms with Gasteiger partial charge in [-0.15, -0.1) is 0 Å². The molecule has 25 heavy (non-hydrogen) atoms. The zero-order chi connectivity index (χ0) is 17.3. The highest BCUT2D eigenvalue weighted by molar-refractivity contribution is 5.90. The van der Waals surface area contributed by atoms with Crippen LogP contribution in [0.25, 0.3) is 0 Å². The Morgan fingerprint density at radius 2 is 1.76 bits per heavy atom. The minimum atomic E-state index is -0.0446. The predicted molar refractivity (Wildman–Crippen MR) is 97.7 cm³/mol. The van der Waals surface area contributed by atoms with Crippen molar-refractivity contribution in [1.29, 1.82) is 0 Å². The first-order chi connectivity index (χ1) is 12.3. The Morgan fingerprint density at radius 1 is 1.04 bits per heavy atom. The van der Waals surface area contributed by atoms with Gasteiger partial charge in [0.2, 0.25) is 5.91 Å². The Labute approximate surface area is 148 Å². The van der Waals surface area contributed by atoms with Crippen LogP contribution >= 0.6 is 0 Å². The van der Waals surface area contributed by atoms with Gasteiger partial charge >= 0.3 is 0 Å². The quantitative estimate of drug-likeness (QED) is 0.842. The molecular formula is C20H24N2O3. The Bertz CT molecular complexity index is 652. The third kappa shape index (κ3) is 5.89. The molecule has 2 aromatic rings. The molecule has 1 heterocycles. The van der Waals surface area contributed by atoms with E-state index in [1.807, 2.05) is 42.5 Å². The lowest BCUT2D eigenvalue weighted by molar-refractivity contribution is -0.116. The van der Waals surface area contributed by atoms with Crippen LogP contribution in [-0.4, -0.2) is 43.7 Å². The van der Waals surface area contributed by atoms with Crippen molar-refractivity contribution in [2.24, 2.45) is 0 Å². The van der Waals surface area contributed by atoms with Crippen molar-refractivity contribution in [3.05, 3.63) is 60.2 Å². The first kappa shape index (κ1) is 17.5. The molecule has 1 saturated heterocycles. The molecule has 0 atom stereocenters. The molecule has 132 valence electrons. The number of carbonyl (C=O) groups excluding carboxylic acids is 1. The maximum absolute atomic E-state index is 12.0. The van der Waals surface area contributed by atoms with E-state index in [0.717, 1.165) is 44.3 Å². The molecule has 5 heteroatoms. The third-order valence-corrected chi connectivity index (χ3v) is 4.09. The number of hydrogen-bond donors (Lipinski definition) is 1. The Morgan fingerprint density at radius 3 is 2.48 bits per heavy atom. The zero-order valence-corrected chi connectivity index (χ0v) is 14.3. The second kappa shape index (κ2) is 9.20. The summed E-state index contributed by atoms with van der Waals surface area (Å²) in [5, 5.41) is 2.91. The molecule has 2 aromatic carbocycles. The number of amides is 1. The Hall–Kier alpha value is -2.37. The Balaban J connectivity index is 1.40. The van der Waals surface area contributed by atoms with Crippen LogP contribution in [0.5, 0.6) is 5.75 Å². The number of nitrogens with zero attached hydrogens (tertiary/aromatic N) is 1. The molecule has 0 aromatic heterocycles. The molecule has 1 amide bonds. The van der Waals surface area contributed by atoms with E-state index in [1.165, 1.54) is 5.56 Å². The lowest BCUT2D eigenvalue weighted by Gasteiger charge is -2.26. The summed E-state index contributed by atoms with van der Waals surface area (Å²) >= 11 is 0. The highest BCUT2D eigenvalue weighted by Crippen LogP contribution is 2.13. The zero-order valence-electron chi connectivity index (χ0n) is 14.3. The molecule has 1 aliphatic heterocycles. The van der Waals surface area contributed by atoms with Crippen LogP contribution in [0.15, 0.2) is 54.6 Å². The smallest absolute Gasteiger partial charge is 0.227 e. The van der Waals surface area contributed by atoms with Crippen molar-refractivity contribution < 1.29 is 14.3 Å². The largest absolute Gasteiger partial charge is 0.493 e. The summed E-state index contributed by atoms with van der Waals surface area (Å²) < 4.78 is 10.9. The van der Waals surface area contributed by atoms with E-state index in [0.29, 0.717) is 13.0 Å². The van der Waals surface area contributed by atoms with E-state index in [2.05, 4.69) is 22.3 Å². The molecule has 5 nitrogen and oxygen atoms in total. The summed E-state index contributed by atoms with van der Waals surface area (Å²) in [6, 6.07) is 17.5. The number of para-hydroxylation sites is 1. The number of hydrogen-bond acceptors (Lipinski definition) is 4. The maximum Gasteiger partial charge on any atom is 0.227 e. The second-order valence-corrected chi connectivity index (χ2v) is 6.05. The van der Waals surface area contributed by atoms with Gasteiger partial charge in [-0.1, -0.05) is 30.3 Å². The first-order valence-electron chi connectivity index (χ1n) is 8.66. The van der Waals surface area contributed by atoms with Gasteiger partial charge in [-0.25, -0.2) is 0 Å². The summed E-state index contributed by atoms with van der Waals surface area (Å²) in [4.78, 5) is 14.4. The monoisotopic (exact) mass is 340 g/mol. The van der Waals surface area contributed by atoms with Gasteiger partial charge in [0.05, 0.1) is 26.2 Å². The summed E-state index contributed by atoms with van der Waals surface area (Å²) in [6.45, 7) is 4.84. The summed E-state index contributed by atoms with van der Waals surface area (Å²) in [7, 11) is 0. The van der Waals surface area contributed by atoms with Crippen molar-refractivity contribution in [2.75, 3.05) is 38.2 Å². The van der Waals surface area contributed by atoms with Crippen molar-refractivity contribution in [3.63, 3.8) is 0 Å². The summed E-state index contributed by atoms with van der Waals surface area (Å²) in [6.07, 6.45) is 0.324. The molecule has 0 bridgehead atoms. The summed E-state index contributed by atoms with van der Waals surface area (Å²) in [5.74, 6) is 0.736. The van der Waals surface area contributed by atoms with Crippen LogP contribution in [0.1, 0.15) is 12.0 Å². The van der Waals surface area contributed by atoms with Gasteiger partial charge in [-0.3, -0.25) is 9.69 Å². The van der Waals surface area contributed by atoms with Crippen molar-refractivity contribution in [1.82, 2.24) is 4.90 Å². The van der Waals surface area contributed by atoms with E-state index in [-0.39, 0.29) is 5.91 Å². The molecule has 3 rings (SSSR count). The lowest BCUT2D eigenvalue weighted by atomic mass is 10.2. The molecule has 1 N–H and O–H groups in total. The van der Waals surface area contributed by atoms with Gasteiger partial charge in [0.25, 0.3) is 0 Å². The molecule has 0 saturated carbocycles. The van der Waals surface area contributed by atoms with Gasteiger partial charge in [0.15, 0.2) is 0 Å². The van der Waals surface area contributed by atoms with E-state index in [9.17, 15) is 4.79 Å². The second-order valence-electron chi connectivity index (χ2n) is 6.05. The fraction of sp³-hybridized carbons (Fsp3) is 0.350. The van der Waals surface area contributed by atoms with E-state index in [4.69, 9.17) is 9.47 Å². The third-order valence-electron chi connectivity index (χ3n) is 4.09. The average Bonchev–Trinajstić information content (AvgIpc) is 2.65. The first-order valence-corrected chi connectivity index (χ1v) is 8.66. The topological polar surface area (TPSA) is 50.8 Å². The van der Waals surface area contributed by atoms with E-state index < -0.39 is 0 Å². The van der Waals surface area contributed by atoms with Crippen LogP contribution in [0.3, 0.4) is 0 Å². The average molecular weight is 340 g/mol. The number of anilines is 1. The fourth-order valence-corrected chi connectivity index (χ4v) is 2.71. The number of ether oxygens (including phenoxy) is 2. The van der Waals surface area contributed by atoms with Crippen molar-refractivity contribution >= 4 is 11.6 Å². The predicted octanol–water partition coefficient (Wildman–Crippen LogP) is 2.93. The number of morpholine rings is 1. The molecule has 1 fully saturated rings. The van der Waals surface area contributed by atoms with Gasteiger partial charge < -0.3 is 14.8 Å². The molecule has 0 aliphatic carbocycles. The molecule has 0 radical (unpaired) electrons. The van der Waals surface area contributed by atoms with Crippen LogP contribution < -0.4 is 10.1 Å². The summed E-state index contributed by atoms with van der Waals surface area (Å²) in [5.41, 5.74) is 2.06. The fourth-order valence-electron chi connectivity index (χ4n) is 2.71. The van der Waals surface area contributed by atoms with E-state index in [1.54, 1.807) is 0 Å². The lowest BCUT2D eigenvalue weighted by Crippen LogP contribution is -2.35. The van der Waals surface area contributed by atoms with Gasteiger partial charge in [-0.05, 0) is 29.8 Å². The minimum Gasteiger partial charge on any atom is -0.493 e. The molecule has 0 unspecified atom stereocenters. The van der Waals surface area contributed by atoms with Crippen molar-refractivity contribution in [3.8, 4) is 5.75 Å². The van der Waals surface area contributed by atoms with Gasteiger partial charge in [0.1, 0.15) is 5.75 Å². The molecule has 0 spiro atoms. The molecule has 1 aliphatic rings.